The van der Waals surface area contributed by atoms with Crippen LogP contribution in [0.15, 0.2) is 41.1 Å². The Bertz CT molecular complexity index is 1020. The number of nitrogens with zero attached hydrogens (tertiary/aromatic N) is 3. The minimum absolute atomic E-state index is 0.0793. The van der Waals surface area contributed by atoms with Gasteiger partial charge in [-0.15, -0.1) is 0 Å². The maximum Gasteiger partial charge on any atom is 0.224 e. The van der Waals surface area contributed by atoms with Crippen molar-refractivity contribution < 1.29 is 13.7 Å². The van der Waals surface area contributed by atoms with E-state index < -0.39 is 0 Å². The third-order valence-electron chi connectivity index (χ3n) is 5.88. The molecule has 0 saturated heterocycles. The van der Waals surface area contributed by atoms with E-state index in [1.807, 2.05) is 30.9 Å². The summed E-state index contributed by atoms with van der Waals surface area (Å²) in [5.74, 6) is 1.11. The van der Waals surface area contributed by atoms with Crippen LogP contribution in [0.1, 0.15) is 48.6 Å². The summed E-state index contributed by atoms with van der Waals surface area (Å²) in [6.07, 6.45) is 6.16. The van der Waals surface area contributed by atoms with Crippen LogP contribution in [0, 0.1) is 18.7 Å². The zero-order chi connectivity index (χ0) is 21.1. The van der Waals surface area contributed by atoms with Crippen LogP contribution in [0.25, 0.3) is 11.3 Å². The molecule has 3 aromatic rings. The molecule has 6 nitrogen and oxygen atoms in total. The van der Waals surface area contributed by atoms with Crippen LogP contribution in [0.3, 0.4) is 0 Å². The predicted octanol–water partition coefficient (Wildman–Crippen LogP) is 4.16. The Balaban J connectivity index is 1.31. The molecule has 0 spiro atoms. The van der Waals surface area contributed by atoms with Crippen molar-refractivity contribution in [1.29, 1.82) is 0 Å². The van der Waals surface area contributed by atoms with Gasteiger partial charge in [0.2, 0.25) is 5.91 Å². The van der Waals surface area contributed by atoms with Crippen LogP contribution in [-0.2, 0) is 18.3 Å². The number of nitrogens with one attached hydrogen (secondary N) is 1. The Kier molecular flexibility index (Phi) is 5.97. The summed E-state index contributed by atoms with van der Waals surface area (Å²) in [6, 6.07) is 8.36. The van der Waals surface area contributed by atoms with E-state index >= 15 is 0 Å². The van der Waals surface area contributed by atoms with E-state index in [2.05, 4.69) is 10.5 Å². The van der Waals surface area contributed by atoms with Gasteiger partial charge in [0.1, 0.15) is 5.82 Å². The minimum Gasteiger partial charge on any atom is -0.356 e. The Morgan fingerprint density at radius 1 is 1.27 bits per heavy atom. The number of halogens is 1. The van der Waals surface area contributed by atoms with Crippen molar-refractivity contribution in [3.63, 3.8) is 0 Å². The molecule has 2 heterocycles. The maximum atomic E-state index is 13.7. The first-order valence-electron chi connectivity index (χ1n) is 10.5. The van der Waals surface area contributed by atoms with E-state index in [-0.39, 0.29) is 18.1 Å². The highest BCUT2D eigenvalue weighted by molar-refractivity contribution is 5.78. The van der Waals surface area contributed by atoms with Gasteiger partial charge >= 0.3 is 0 Å². The molecule has 0 radical (unpaired) electrons. The molecule has 1 aliphatic carbocycles. The molecule has 158 valence electrons. The van der Waals surface area contributed by atoms with Gasteiger partial charge in [-0.2, -0.15) is 5.10 Å². The minimum atomic E-state index is -0.332. The third kappa shape index (κ3) is 4.61. The molecule has 0 aliphatic heterocycles. The normalized spacial score (nSPS) is 19.0. The molecule has 30 heavy (non-hydrogen) atoms. The van der Waals surface area contributed by atoms with E-state index in [9.17, 15) is 9.18 Å². The average Bonchev–Trinajstić information content (AvgIpc) is 3.34. The van der Waals surface area contributed by atoms with Crippen LogP contribution >= 0.6 is 0 Å². The Labute approximate surface area is 175 Å². The van der Waals surface area contributed by atoms with Gasteiger partial charge in [-0.05, 0) is 50.2 Å². The van der Waals surface area contributed by atoms with Crippen LogP contribution < -0.4 is 5.32 Å². The summed E-state index contributed by atoms with van der Waals surface area (Å²) in [5.41, 5.74) is 3.37. The fourth-order valence-electron chi connectivity index (χ4n) is 4.26. The first kappa shape index (κ1) is 20.3. The number of rotatable bonds is 6. The number of aryl methyl sites for hydroxylation is 2. The molecule has 0 bridgehead atoms. The maximum absolute atomic E-state index is 13.7. The van der Waals surface area contributed by atoms with Crippen molar-refractivity contribution in [3.05, 3.63) is 59.3 Å². The molecule has 1 aromatic carbocycles. The number of carbonyl (C=O) groups excluding carboxylic acids is 1. The molecule has 2 aromatic heterocycles. The summed E-state index contributed by atoms with van der Waals surface area (Å²) in [7, 11) is 1.92. The van der Waals surface area contributed by atoms with Gasteiger partial charge < -0.3 is 9.84 Å². The first-order valence-corrected chi connectivity index (χ1v) is 10.5. The number of benzene rings is 1. The van der Waals surface area contributed by atoms with E-state index in [1.54, 1.807) is 18.2 Å². The second-order valence-electron chi connectivity index (χ2n) is 8.22. The monoisotopic (exact) mass is 410 g/mol. The van der Waals surface area contributed by atoms with E-state index in [1.165, 1.54) is 6.07 Å². The molecule has 1 fully saturated rings. The quantitative estimate of drug-likeness (QED) is 0.662. The summed E-state index contributed by atoms with van der Waals surface area (Å²) >= 11 is 0. The fourth-order valence-corrected chi connectivity index (χ4v) is 4.26. The summed E-state index contributed by atoms with van der Waals surface area (Å²) in [6.45, 7) is 2.55. The summed E-state index contributed by atoms with van der Waals surface area (Å²) in [4.78, 5) is 12.2. The number of hydrogen-bond donors (Lipinski definition) is 1. The molecular formula is C23H27FN4O2. The van der Waals surface area contributed by atoms with Crippen LogP contribution in [0.4, 0.5) is 4.39 Å². The predicted molar refractivity (Wildman–Crippen MR) is 111 cm³/mol. The third-order valence-corrected chi connectivity index (χ3v) is 5.88. The van der Waals surface area contributed by atoms with Gasteiger partial charge in [-0.3, -0.25) is 9.48 Å². The lowest BCUT2D eigenvalue weighted by atomic mass is 9.79. The fraction of sp³-hybridized carbons (Fsp3) is 0.435. The highest BCUT2D eigenvalue weighted by Gasteiger charge is 2.28. The number of aromatic nitrogens is 3. The Morgan fingerprint density at radius 2 is 2.03 bits per heavy atom. The second kappa shape index (κ2) is 8.81. The largest absolute Gasteiger partial charge is 0.356 e. The van der Waals surface area contributed by atoms with E-state index in [0.29, 0.717) is 23.9 Å². The molecule has 0 atom stereocenters. The average molecular weight is 410 g/mol. The SMILES string of the molecule is Cc1cc(-c2cn(C)nc2C2CCC(CNC(=O)Cc3ccccc3F)CC2)on1. The highest BCUT2D eigenvalue weighted by atomic mass is 19.1. The molecular weight excluding hydrogens is 383 g/mol. The summed E-state index contributed by atoms with van der Waals surface area (Å²) in [5, 5.41) is 11.7. The molecule has 1 N–H and O–H groups in total. The van der Waals surface area contributed by atoms with Crippen LogP contribution in [-0.4, -0.2) is 27.4 Å². The highest BCUT2D eigenvalue weighted by Crippen LogP contribution is 2.39. The van der Waals surface area contributed by atoms with Crippen molar-refractivity contribution in [2.45, 2.75) is 44.9 Å². The van der Waals surface area contributed by atoms with Crippen LogP contribution in [0.2, 0.25) is 0 Å². The molecule has 0 unspecified atom stereocenters. The molecule has 1 saturated carbocycles. The summed E-state index contributed by atoms with van der Waals surface area (Å²) < 4.78 is 21.0. The molecule has 1 amide bonds. The lowest BCUT2D eigenvalue weighted by Gasteiger charge is -2.28. The van der Waals surface area contributed by atoms with Crippen molar-refractivity contribution in [3.8, 4) is 11.3 Å². The van der Waals surface area contributed by atoms with Gasteiger partial charge in [-0.1, -0.05) is 23.4 Å². The van der Waals surface area contributed by atoms with Crippen molar-refractivity contribution in [1.82, 2.24) is 20.3 Å². The van der Waals surface area contributed by atoms with E-state index in [0.717, 1.165) is 48.4 Å². The number of hydrogen-bond acceptors (Lipinski definition) is 4. The smallest absolute Gasteiger partial charge is 0.224 e. The Hall–Kier alpha value is -2.96. The van der Waals surface area contributed by atoms with Crippen molar-refractivity contribution in [2.75, 3.05) is 6.54 Å². The molecule has 7 heteroatoms. The van der Waals surface area contributed by atoms with Gasteiger partial charge in [-0.25, -0.2) is 4.39 Å². The second-order valence-corrected chi connectivity index (χ2v) is 8.22. The molecule has 1 aliphatic rings. The lowest BCUT2D eigenvalue weighted by molar-refractivity contribution is -0.120. The topological polar surface area (TPSA) is 73.0 Å². The van der Waals surface area contributed by atoms with Crippen molar-refractivity contribution in [2.24, 2.45) is 13.0 Å². The van der Waals surface area contributed by atoms with Crippen molar-refractivity contribution >= 4 is 5.91 Å². The first-order chi connectivity index (χ1) is 14.5. The van der Waals surface area contributed by atoms with E-state index in [4.69, 9.17) is 9.62 Å². The zero-order valence-electron chi connectivity index (χ0n) is 17.4. The Morgan fingerprint density at radius 3 is 2.73 bits per heavy atom. The van der Waals surface area contributed by atoms with Gasteiger partial charge in [0.05, 0.1) is 23.4 Å². The zero-order valence-corrected chi connectivity index (χ0v) is 17.4. The number of carbonyl (C=O) groups is 1. The van der Waals surface area contributed by atoms with Gasteiger partial charge in [0.15, 0.2) is 5.76 Å². The van der Waals surface area contributed by atoms with Gasteiger partial charge in [0.25, 0.3) is 0 Å². The lowest BCUT2D eigenvalue weighted by Crippen LogP contribution is -2.32. The standard InChI is InChI=1S/C23H27FN4O2/c1-15-11-21(30-27-15)19-14-28(2)26-23(19)17-9-7-16(8-10-17)13-25-22(29)12-18-5-3-4-6-20(18)24/h3-6,11,14,16-17H,7-10,12-13H2,1-2H3,(H,25,29). The van der Waals surface area contributed by atoms with Crippen LogP contribution in [0.5, 0.6) is 0 Å². The number of amides is 1. The molecule has 4 rings (SSSR count). The van der Waals surface area contributed by atoms with Gasteiger partial charge in [0, 0.05) is 31.8 Å².